The van der Waals surface area contributed by atoms with Gasteiger partial charge in [0.25, 0.3) is 0 Å². The number of nitrogens with one attached hydrogen (secondary N) is 2. The standard InChI is InChI=1S/C20H20N2O3S/c23-20(14-5-6-14)15-7-9-17(10-8-15)26(24,25)22-12-11-16-13-21-19-4-2-1-3-18(16)19/h1-4,7-10,13-14,21-22H,5-6,11-12H2. The first kappa shape index (κ1) is 17.0. The number of carbonyl (C=O) groups excluding carboxylic acids is 1. The van der Waals surface area contributed by atoms with E-state index in [1.165, 1.54) is 12.1 Å². The minimum Gasteiger partial charge on any atom is -0.361 e. The zero-order chi connectivity index (χ0) is 18.1. The molecule has 5 nitrogen and oxygen atoms in total. The van der Waals surface area contributed by atoms with Crippen molar-refractivity contribution in [2.75, 3.05) is 6.54 Å². The van der Waals surface area contributed by atoms with Crippen molar-refractivity contribution in [1.29, 1.82) is 0 Å². The zero-order valence-electron chi connectivity index (χ0n) is 14.2. The Morgan fingerprint density at radius 3 is 2.54 bits per heavy atom. The van der Waals surface area contributed by atoms with Crippen molar-refractivity contribution in [3.63, 3.8) is 0 Å². The van der Waals surface area contributed by atoms with E-state index >= 15 is 0 Å². The largest absolute Gasteiger partial charge is 0.361 e. The van der Waals surface area contributed by atoms with Gasteiger partial charge in [-0.25, -0.2) is 13.1 Å². The maximum atomic E-state index is 12.4. The number of aromatic nitrogens is 1. The van der Waals surface area contributed by atoms with Crippen molar-refractivity contribution >= 4 is 26.7 Å². The highest BCUT2D eigenvalue weighted by Crippen LogP contribution is 2.32. The van der Waals surface area contributed by atoms with Gasteiger partial charge >= 0.3 is 0 Å². The van der Waals surface area contributed by atoms with Gasteiger partial charge in [-0.2, -0.15) is 0 Å². The van der Waals surface area contributed by atoms with Gasteiger partial charge in [-0.15, -0.1) is 0 Å². The average molecular weight is 368 g/mol. The fraction of sp³-hybridized carbons (Fsp3) is 0.250. The second-order valence-electron chi connectivity index (χ2n) is 6.67. The van der Waals surface area contributed by atoms with Crippen LogP contribution in [0, 0.1) is 5.92 Å². The number of benzene rings is 2. The van der Waals surface area contributed by atoms with E-state index in [0.29, 0.717) is 18.5 Å². The molecule has 4 rings (SSSR count). The summed E-state index contributed by atoms with van der Waals surface area (Å²) in [6.45, 7) is 0.312. The highest BCUT2D eigenvalue weighted by Gasteiger charge is 2.30. The molecule has 134 valence electrons. The number of rotatable bonds is 7. The predicted molar refractivity (Wildman–Crippen MR) is 101 cm³/mol. The summed E-state index contributed by atoms with van der Waals surface area (Å²) in [6, 6.07) is 14.2. The van der Waals surface area contributed by atoms with Crippen LogP contribution in [0.4, 0.5) is 0 Å². The maximum absolute atomic E-state index is 12.4. The normalized spacial score (nSPS) is 14.6. The summed E-state index contributed by atoms with van der Waals surface area (Å²) in [6.07, 6.45) is 4.39. The van der Waals surface area contributed by atoms with Gasteiger partial charge in [-0.05, 0) is 43.0 Å². The average Bonchev–Trinajstić information content (AvgIpc) is 3.43. The topological polar surface area (TPSA) is 79.0 Å². The highest BCUT2D eigenvalue weighted by molar-refractivity contribution is 7.89. The molecule has 2 aromatic carbocycles. The van der Waals surface area contributed by atoms with Crippen LogP contribution in [0.3, 0.4) is 0 Å². The van der Waals surface area contributed by atoms with E-state index in [9.17, 15) is 13.2 Å². The lowest BCUT2D eigenvalue weighted by atomic mass is 10.1. The number of para-hydroxylation sites is 1. The van der Waals surface area contributed by atoms with Crippen LogP contribution < -0.4 is 4.72 Å². The van der Waals surface area contributed by atoms with E-state index in [0.717, 1.165) is 29.3 Å². The van der Waals surface area contributed by atoms with Gasteiger partial charge in [0.05, 0.1) is 4.90 Å². The fourth-order valence-electron chi connectivity index (χ4n) is 3.12. The molecule has 2 N–H and O–H groups in total. The Balaban J connectivity index is 1.41. The summed E-state index contributed by atoms with van der Waals surface area (Å²) in [5.74, 6) is 0.244. The summed E-state index contributed by atoms with van der Waals surface area (Å²) in [5.41, 5.74) is 2.71. The summed E-state index contributed by atoms with van der Waals surface area (Å²) >= 11 is 0. The maximum Gasteiger partial charge on any atom is 0.240 e. The van der Waals surface area contributed by atoms with E-state index in [1.54, 1.807) is 12.1 Å². The minimum absolute atomic E-state index is 0.112. The van der Waals surface area contributed by atoms with E-state index in [4.69, 9.17) is 0 Å². The number of hydrogen-bond donors (Lipinski definition) is 2. The van der Waals surface area contributed by atoms with E-state index in [2.05, 4.69) is 9.71 Å². The number of carbonyl (C=O) groups is 1. The zero-order valence-corrected chi connectivity index (χ0v) is 15.1. The molecule has 1 saturated carbocycles. The molecule has 0 saturated heterocycles. The number of aromatic amines is 1. The Kier molecular flexibility index (Phi) is 4.38. The van der Waals surface area contributed by atoms with Crippen molar-refractivity contribution in [2.24, 2.45) is 5.92 Å². The van der Waals surface area contributed by atoms with Crippen LogP contribution in [0.2, 0.25) is 0 Å². The molecule has 0 aliphatic heterocycles. The van der Waals surface area contributed by atoms with Crippen molar-refractivity contribution in [1.82, 2.24) is 9.71 Å². The molecule has 1 aliphatic rings. The third-order valence-electron chi connectivity index (χ3n) is 4.76. The Bertz CT molecular complexity index is 1050. The molecule has 26 heavy (non-hydrogen) atoms. The monoisotopic (exact) mass is 368 g/mol. The second-order valence-corrected chi connectivity index (χ2v) is 8.44. The molecular weight excluding hydrogens is 348 g/mol. The first-order chi connectivity index (χ1) is 12.5. The second kappa shape index (κ2) is 6.70. The molecule has 0 spiro atoms. The molecule has 0 atom stereocenters. The summed E-state index contributed by atoms with van der Waals surface area (Å²) in [5, 5.41) is 1.11. The third kappa shape index (κ3) is 3.43. The molecule has 1 aromatic heterocycles. The number of hydrogen-bond acceptors (Lipinski definition) is 3. The number of H-pyrrole nitrogens is 1. The Morgan fingerprint density at radius 1 is 1.08 bits per heavy atom. The lowest BCUT2D eigenvalue weighted by Crippen LogP contribution is -2.26. The molecule has 0 amide bonds. The Hall–Kier alpha value is -2.44. The molecule has 3 aromatic rings. The quantitative estimate of drug-likeness (QED) is 0.628. The van der Waals surface area contributed by atoms with Crippen LogP contribution in [0.15, 0.2) is 59.6 Å². The van der Waals surface area contributed by atoms with Crippen molar-refractivity contribution < 1.29 is 13.2 Å². The van der Waals surface area contributed by atoms with Crippen LogP contribution in [-0.4, -0.2) is 25.7 Å². The third-order valence-corrected chi connectivity index (χ3v) is 6.24. The first-order valence-electron chi connectivity index (χ1n) is 8.73. The van der Waals surface area contributed by atoms with Gasteiger partial charge in [0.2, 0.25) is 10.0 Å². The highest BCUT2D eigenvalue weighted by atomic mass is 32.2. The van der Waals surface area contributed by atoms with Gasteiger partial charge in [0.1, 0.15) is 0 Å². The molecule has 1 heterocycles. The molecule has 1 fully saturated rings. The van der Waals surface area contributed by atoms with E-state index < -0.39 is 10.0 Å². The minimum atomic E-state index is -3.59. The van der Waals surface area contributed by atoms with Gasteiger partial charge in [0.15, 0.2) is 5.78 Å². The number of fused-ring (bicyclic) bond motifs is 1. The lowest BCUT2D eigenvalue weighted by Gasteiger charge is -2.07. The molecule has 6 heteroatoms. The van der Waals surface area contributed by atoms with Crippen LogP contribution in [0.5, 0.6) is 0 Å². The van der Waals surface area contributed by atoms with Crippen LogP contribution >= 0.6 is 0 Å². The molecule has 1 aliphatic carbocycles. The smallest absolute Gasteiger partial charge is 0.240 e. The van der Waals surface area contributed by atoms with Crippen LogP contribution in [0.25, 0.3) is 10.9 Å². The molecular formula is C20H20N2O3S. The van der Waals surface area contributed by atoms with Gasteiger partial charge in [-0.3, -0.25) is 4.79 Å². The Morgan fingerprint density at radius 2 is 1.81 bits per heavy atom. The van der Waals surface area contributed by atoms with Crippen molar-refractivity contribution in [3.05, 3.63) is 65.9 Å². The van der Waals surface area contributed by atoms with Crippen LogP contribution in [0.1, 0.15) is 28.8 Å². The first-order valence-corrected chi connectivity index (χ1v) is 10.2. The Labute approximate surface area is 152 Å². The molecule has 0 radical (unpaired) electrons. The van der Waals surface area contributed by atoms with E-state index in [1.807, 2.05) is 30.5 Å². The number of Topliss-reactive ketones (excluding diaryl/α,β-unsaturated/α-hetero) is 1. The predicted octanol–water partition coefficient (Wildman–Crippen LogP) is 3.28. The van der Waals surface area contributed by atoms with Gasteiger partial charge < -0.3 is 4.98 Å². The van der Waals surface area contributed by atoms with Gasteiger partial charge in [0, 0.05) is 35.1 Å². The summed E-state index contributed by atoms with van der Waals surface area (Å²) in [7, 11) is -3.59. The number of ketones is 1. The molecule has 0 unspecified atom stereocenters. The van der Waals surface area contributed by atoms with Crippen LogP contribution in [-0.2, 0) is 16.4 Å². The fourth-order valence-corrected chi connectivity index (χ4v) is 4.15. The van der Waals surface area contributed by atoms with Crippen molar-refractivity contribution in [2.45, 2.75) is 24.2 Å². The number of sulfonamides is 1. The summed E-state index contributed by atoms with van der Waals surface area (Å²) < 4.78 is 27.5. The van der Waals surface area contributed by atoms with Gasteiger partial charge in [-0.1, -0.05) is 30.3 Å². The molecule has 0 bridgehead atoms. The SMILES string of the molecule is O=C(c1ccc(S(=O)(=O)NCCc2c[nH]c3ccccc23)cc1)C1CC1. The van der Waals surface area contributed by atoms with Crippen molar-refractivity contribution in [3.8, 4) is 0 Å². The van der Waals surface area contributed by atoms with E-state index in [-0.39, 0.29) is 16.6 Å². The summed E-state index contributed by atoms with van der Waals surface area (Å²) in [4.78, 5) is 15.4. The lowest BCUT2D eigenvalue weighted by molar-refractivity contribution is 0.0967.